The highest BCUT2D eigenvalue weighted by molar-refractivity contribution is 7.99. The minimum Gasteiger partial charge on any atom is -0.463 e. The molecule has 1 aromatic heterocycles. The molecular weight excluding hydrogens is 254 g/mol. The number of esters is 1. The van der Waals surface area contributed by atoms with Crippen LogP contribution in [0.2, 0.25) is 0 Å². The van der Waals surface area contributed by atoms with E-state index in [2.05, 4.69) is 16.8 Å². The number of nitrogens with one attached hydrogen (secondary N) is 1. The second-order valence-electron chi connectivity index (χ2n) is 3.89. The Kier molecular flexibility index (Phi) is 5.21. The summed E-state index contributed by atoms with van der Waals surface area (Å²) in [5.41, 5.74) is 0.0989. The number of carbonyl (C=O) groups excluding carboxylic acids is 1. The predicted octanol–water partition coefficient (Wildman–Crippen LogP) is 1.36. The molecule has 0 bridgehead atoms. The molecule has 100 valence electrons. The van der Waals surface area contributed by atoms with Gasteiger partial charge in [0.15, 0.2) is 5.16 Å². The molecule has 0 aliphatic rings. The third kappa shape index (κ3) is 3.49. The van der Waals surface area contributed by atoms with Gasteiger partial charge < -0.3 is 4.74 Å². The molecule has 7 heteroatoms. The normalized spacial score (nSPS) is 10.7. The molecule has 0 aliphatic heterocycles. The first-order chi connectivity index (χ1) is 8.47. The fourth-order valence-electron chi connectivity index (χ4n) is 1.29. The summed E-state index contributed by atoms with van der Waals surface area (Å²) >= 11 is 1.28. The highest BCUT2D eigenvalue weighted by atomic mass is 32.2. The lowest BCUT2D eigenvalue weighted by Crippen LogP contribution is -2.19. The molecule has 1 heterocycles. The Morgan fingerprint density at radius 1 is 1.61 bits per heavy atom. The molecule has 0 fully saturated rings. The van der Waals surface area contributed by atoms with Crippen LogP contribution in [0.25, 0.3) is 0 Å². The summed E-state index contributed by atoms with van der Waals surface area (Å²) in [5, 5.41) is 6.84. The zero-order valence-corrected chi connectivity index (χ0v) is 11.5. The van der Waals surface area contributed by atoms with Crippen molar-refractivity contribution in [2.75, 3.05) is 12.4 Å². The van der Waals surface area contributed by atoms with Crippen LogP contribution in [-0.4, -0.2) is 33.1 Å². The number of aromatic nitrogens is 3. The van der Waals surface area contributed by atoms with Gasteiger partial charge in [-0.25, -0.2) is 14.7 Å². The summed E-state index contributed by atoms with van der Waals surface area (Å²) in [4.78, 5) is 22.8. The first-order valence-electron chi connectivity index (χ1n) is 5.62. The van der Waals surface area contributed by atoms with E-state index in [1.54, 1.807) is 6.92 Å². The van der Waals surface area contributed by atoms with Crippen molar-refractivity contribution < 1.29 is 9.53 Å². The van der Waals surface area contributed by atoms with Crippen molar-refractivity contribution in [3.63, 3.8) is 0 Å². The number of thioether (sulfide) groups is 1. The van der Waals surface area contributed by atoms with Crippen LogP contribution in [0.3, 0.4) is 0 Å². The molecule has 1 aromatic rings. The molecular formula is C11H17N3O3S. The maximum Gasteiger partial charge on any atom is 0.344 e. The lowest BCUT2D eigenvalue weighted by atomic mass is 10.4. The van der Waals surface area contributed by atoms with Crippen LogP contribution in [0.15, 0.2) is 22.1 Å². The van der Waals surface area contributed by atoms with Crippen molar-refractivity contribution in [3.05, 3.63) is 22.6 Å². The molecule has 1 rings (SSSR count). The zero-order valence-electron chi connectivity index (χ0n) is 10.7. The van der Waals surface area contributed by atoms with Gasteiger partial charge in [0.05, 0.1) is 6.61 Å². The number of hydrogen-bond donors (Lipinski definition) is 1. The molecule has 0 spiro atoms. The fraction of sp³-hybridized carbons (Fsp3) is 0.545. The number of H-pyrrole nitrogens is 1. The second-order valence-corrected chi connectivity index (χ2v) is 4.83. The number of rotatable bonds is 6. The number of carbonyl (C=O) groups is 1. The van der Waals surface area contributed by atoms with Gasteiger partial charge in [0.2, 0.25) is 0 Å². The molecule has 18 heavy (non-hydrogen) atoms. The molecule has 1 N–H and O–H groups in total. The van der Waals surface area contributed by atoms with E-state index < -0.39 is 5.97 Å². The van der Waals surface area contributed by atoms with Crippen molar-refractivity contribution >= 4 is 17.7 Å². The first-order valence-corrected chi connectivity index (χ1v) is 6.60. The largest absolute Gasteiger partial charge is 0.463 e. The van der Waals surface area contributed by atoms with Crippen LogP contribution in [-0.2, 0) is 9.53 Å². The molecule has 6 nitrogen and oxygen atoms in total. The van der Waals surface area contributed by atoms with Crippen molar-refractivity contribution in [2.45, 2.75) is 32.0 Å². The van der Waals surface area contributed by atoms with Crippen LogP contribution in [0.5, 0.6) is 0 Å². The van der Waals surface area contributed by atoms with Crippen molar-refractivity contribution in [1.29, 1.82) is 0 Å². The van der Waals surface area contributed by atoms with Crippen LogP contribution >= 0.6 is 11.8 Å². The van der Waals surface area contributed by atoms with Gasteiger partial charge in [-0.2, -0.15) is 0 Å². The highest BCUT2D eigenvalue weighted by Gasteiger charge is 2.14. The van der Waals surface area contributed by atoms with Gasteiger partial charge in [0, 0.05) is 17.4 Å². The summed E-state index contributed by atoms with van der Waals surface area (Å²) < 4.78 is 6.36. The monoisotopic (exact) mass is 271 g/mol. The van der Waals surface area contributed by atoms with E-state index >= 15 is 0 Å². The van der Waals surface area contributed by atoms with Gasteiger partial charge in [-0.15, -0.1) is 5.10 Å². The standard InChI is InChI=1S/C11H17N3O3S/c1-5-17-9(15)8(4)6-18-11-13-12-10(16)14(11)7(2)3/h7H,4-6H2,1-3H3,(H,12,16). The topological polar surface area (TPSA) is 77.0 Å². The van der Waals surface area contributed by atoms with Gasteiger partial charge in [0.25, 0.3) is 0 Å². The van der Waals surface area contributed by atoms with E-state index in [1.165, 1.54) is 16.3 Å². The molecule has 0 unspecified atom stereocenters. The average Bonchev–Trinajstić information content (AvgIpc) is 2.67. The molecule has 0 radical (unpaired) electrons. The molecule has 0 aromatic carbocycles. The lowest BCUT2D eigenvalue weighted by molar-refractivity contribution is -0.138. The Morgan fingerprint density at radius 2 is 2.28 bits per heavy atom. The first kappa shape index (κ1) is 14.6. The minimum absolute atomic E-state index is 0.00890. The van der Waals surface area contributed by atoms with Gasteiger partial charge in [0.1, 0.15) is 0 Å². The van der Waals surface area contributed by atoms with Gasteiger partial charge in [-0.1, -0.05) is 18.3 Å². The molecule has 0 saturated heterocycles. The third-order valence-electron chi connectivity index (χ3n) is 2.13. The molecule has 0 aliphatic carbocycles. The Labute approximate surface area is 109 Å². The smallest absolute Gasteiger partial charge is 0.344 e. The van der Waals surface area contributed by atoms with Crippen LogP contribution in [0.4, 0.5) is 0 Å². The van der Waals surface area contributed by atoms with E-state index in [0.29, 0.717) is 23.1 Å². The number of aromatic amines is 1. The van der Waals surface area contributed by atoms with E-state index in [0.717, 1.165) is 0 Å². The summed E-state index contributed by atoms with van der Waals surface area (Å²) in [7, 11) is 0. The van der Waals surface area contributed by atoms with Crippen LogP contribution < -0.4 is 5.69 Å². The summed E-state index contributed by atoms with van der Waals surface area (Å²) in [6.45, 7) is 9.49. The average molecular weight is 271 g/mol. The summed E-state index contributed by atoms with van der Waals surface area (Å²) in [5.74, 6) is -0.0745. The number of nitrogens with zero attached hydrogens (tertiary/aromatic N) is 2. The SMILES string of the molecule is C=C(CSc1n[nH]c(=O)n1C(C)C)C(=O)OCC. The Morgan fingerprint density at radius 3 is 2.83 bits per heavy atom. The highest BCUT2D eigenvalue weighted by Crippen LogP contribution is 2.19. The van der Waals surface area contributed by atoms with Crippen LogP contribution in [0.1, 0.15) is 26.8 Å². The lowest BCUT2D eigenvalue weighted by Gasteiger charge is -2.09. The van der Waals surface area contributed by atoms with Crippen molar-refractivity contribution in [2.24, 2.45) is 0 Å². The number of hydrogen-bond acceptors (Lipinski definition) is 5. The van der Waals surface area contributed by atoms with E-state index in [-0.39, 0.29) is 11.7 Å². The Balaban J connectivity index is 2.67. The minimum atomic E-state index is -0.418. The summed E-state index contributed by atoms with van der Waals surface area (Å²) in [6, 6.07) is 0.00890. The van der Waals surface area contributed by atoms with Gasteiger partial charge in [-0.3, -0.25) is 4.57 Å². The quantitative estimate of drug-likeness (QED) is 0.480. The summed E-state index contributed by atoms with van der Waals surface area (Å²) in [6.07, 6.45) is 0. The fourth-order valence-corrected chi connectivity index (χ4v) is 2.26. The zero-order chi connectivity index (χ0) is 13.7. The number of ether oxygens (including phenoxy) is 1. The van der Waals surface area contributed by atoms with Gasteiger partial charge in [-0.05, 0) is 20.8 Å². The van der Waals surface area contributed by atoms with E-state index in [1.807, 2.05) is 13.8 Å². The maximum absolute atomic E-state index is 11.5. The molecule has 0 atom stereocenters. The van der Waals surface area contributed by atoms with Crippen molar-refractivity contribution in [1.82, 2.24) is 14.8 Å². The van der Waals surface area contributed by atoms with Crippen LogP contribution in [0, 0.1) is 0 Å². The maximum atomic E-state index is 11.5. The molecule has 0 saturated carbocycles. The molecule has 0 amide bonds. The predicted molar refractivity (Wildman–Crippen MR) is 69.7 cm³/mol. The van der Waals surface area contributed by atoms with E-state index in [4.69, 9.17) is 4.74 Å². The van der Waals surface area contributed by atoms with E-state index in [9.17, 15) is 9.59 Å². The Hall–Kier alpha value is -1.50. The van der Waals surface area contributed by atoms with Gasteiger partial charge >= 0.3 is 11.7 Å². The van der Waals surface area contributed by atoms with Crippen molar-refractivity contribution in [3.8, 4) is 0 Å². The second kappa shape index (κ2) is 6.44. The third-order valence-corrected chi connectivity index (χ3v) is 3.17. The Bertz CT molecular complexity index is 490.